The van der Waals surface area contributed by atoms with Crippen LogP contribution in [0.3, 0.4) is 0 Å². The molecule has 2 aliphatic heterocycles. The Morgan fingerprint density at radius 3 is 2.86 bits per heavy atom. The average molecular weight is 327 g/mol. The van der Waals surface area contributed by atoms with E-state index in [1.165, 1.54) is 12.3 Å². The fourth-order valence-electron chi connectivity index (χ4n) is 3.29. The van der Waals surface area contributed by atoms with Crippen molar-refractivity contribution in [3.05, 3.63) is 33.6 Å². The maximum absolute atomic E-state index is 12.8. The van der Waals surface area contributed by atoms with Crippen molar-refractivity contribution in [1.82, 2.24) is 15.2 Å². The topological polar surface area (TPSA) is 88.4 Å². The fraction of sp³-hybridized carbons (Fsp3) is 0.571. The third-order valence-corrected chi connectivity index (χ3v) is 4.40. The third-order valence-electron chi connectivity index (χ3n) is 4.40. The monoisotopic (exact) mass is 326 g/mol. The standard InChI is InChI=1S/C14H18N4O3.ClH/c1-9-13(6-12(8-16-9)18(20)21)14(19)17-10-2-3-11(17)7-15-5-4-10;/h6,8,10-11,15H,2-5,7H2,1H3;1H. The van der Waals surface area contributed by atoms with Crippen LogP contribution < -0.4 is 5.32 Å². The molecule has 2 saturated heterocycles. The van der Waals surface area contributed by atoms with Crippen LogP contribution in [0.4, 0.5) is 5.69 Å². The van der Waals surface area contributed by atoms with Gasteiger partial charge in [0.05, 0.1) is 16.2 Å². The average Bonchev–Trinajstić information content (AvgIpc) is 2.71. The number of halogens is 1. The van der Waals surface area contributed by atoms with Crippen molar-refractivity contribution in [1.29, 1.82) is 0 Å². The van der Waals surface area contributed by atoms with Crippen molar-refractivity contribution in [3.8, 4) is 0 Å². The summed E-state index contributed by atoms with van der Waals surface area (Å²) in [6, 6.07) is 1.77. The molecule has 7 nitrogen and oxygen atoms in total. The smallest absolute Gasteiger partial charge is 0.288 e. The van der Waals surface area contributed by atoms with E-state index in [9.17, 15) is 14.9 Å². The number of rotatable bonds is 2. The largest absolute Gasteiger partial charge is 0.331 e. The number of nitro groups is 1. The first-order valence-corrected chi connectivity index (χ1v) is 7.22. The highest BCUT2D eigenvalue weighted by Gasteiger charge is 2.39. The lowest BCUT2D eigenvalue weighted by Gasteiger charge is -2.28. The third kappa shape index (κ3) is 2.91. The van der Waals surface area contributed by atoms with Gasteiger partial charge in [-0.15, -0.1) is 12.4 Å². The van der Waals surface area contributed by atoms with E-state index in [0.717, 1.165) is 32.4 Å². The molecule has 0 spiro atoms. The van der Waals surface area contributed by atoms with Gasteiger partial charge < -0.3 is 10.2 Å². The van der Waals surface area contributed by atoms with Crippen LogP contribution in [0.5, 0.6) is 0 Å². The Balaban J connectivity index is 0.00000176. The minimum absolute atomic E-state index is 0. The molecule has 22 heavy (non-hydrogen) atoms. The number of aromatic nitrogens is 1. The summed E-state index contributed by atoms with van der Waals surface area (Å²) in [6.07, 6.45) is 4.14. The molecular weight excluding hydrogens is 308 g/mol. The quantitative estimate of drug-likeness (QED) is 0.660. The molecule has 1 aromatic rings. The van der Waals surface area contributed by atoms with Crippen molar-refractivity contribution in [2.24, 2.45) is 0 Å². The van der Waals surface area contributed by atoms with E-state index in [-0.39, 0.29) is 36.1 Å². The highest BCUT2D eigenvalue weighted by molar-refractivity contribution is 5.96. The molecule has 2 atom stereocenters. The van der Waals surface area contributed by atoms with Crippen molar-refractivity contribution in [2.45, 2.75) is 38.3 Å². The van der Waals surface area contributed by atoms with Crippen LogP contribution in [0.1, 0.15) is 35.3 Å². The van der Waals surface area contributed by atoms with Crippen molar-refractivity contribution in [2.75, 3.05) is 13.1 Å². The van der Waals surface area contributed by atoms with Gasteiger partial charge in [-0.3, -0.25) is 19.9 Å². The lowest BCUT2D eigenvalue weighted by atomic mass is 10.1. The van der Waals surface area contributed by atoms with Gasteiger partial charge in [0.2, 0.25) is 0 Å². The predicted octanol–water partition coefficient (Wildman–Crippen LogP) is 1.69. The summed E-state index contributed by atoms with van der Waals surface area (Å²) in [5.41, 5.74) is 0.759. The van der Waals surface area contributed by atoms with Gasteiger partial charge >= 0.3 is 0 Å². The molecular formula is C14H19ClN4O3. The maximum Gasteiger partial charge on any atom is 0.288 e. The van der Waals surface area contributed by atoms with E-state index in [1.54, 1.807) is 6.92 Å². The first kappa shape index (κ1) is 16.6. The molecule has 0 aromatic carbocycles. The van der Waals surface area contributed by atoms with Crippen LogP contribution in [0.25, 0.3) is 0 Å². The number of fused-ring (bicyclic) bond motifs is 2. The minimum atomic E-state index is -0.512. The maximum atomic E-state index is 12.8. The summed E-state index contributed by atoms with van der Waals surface area (Å²) < 4.78 is 0. The molecule has 8 heteroatoms. The lowest BCUT2D eigenvalue weighted by molar-refractivity contribution is -0.385. The van der Waals surface area contributed by atoms with E-state index in [1.807, 2.05) is 4.90 Å². The number of hydrogen-bond acceptors (Lipinski definition) is 5. The van der Waals surface area contributed by atoms with Crippen LogP contribution in [0.2, 0.25) is 0 Å². The number of aryl methyl sites for hydroxylation is 1. The second-order valence-corrected chi connectivity index (χ2v) is 5.67. The van der Waals surface area contributed by atoms with Crippen LogP contribution in [0.15, 0.2) is 12.3 Å². The second-order valence-electron chi connectivity index (χ2n) is 5.67. The summed E-state index contributed by atoms with van der Waals surface area (Å²) in [5, 5.41) is 14.2. The Morgan fingerprint density at radius 1 is 1.41 bits per heavy atom. The normalized spacial score (nSPS) is 23.6. The first-order valence-electron chi connectivity index (χ1n) is 7.22. The van der Waals surface area contributed by atoms with E-state index in [0.29, 0.717) is 11.3 Å². The van der Waals surface area contributed by atoms with Crippen LogP contribution in [-0.4, -0.2) is 45.9 Å². The number of amides is 1. The van der Waals surface area contributed by atoms with Gasteiger partial charge in [0, 0.05) is 24.7 Å². The molecule has 3 heterocycles. The number of nitrogens with one attached hydrogen (secondary N) is 1. The van der Waals surface area contributed by atoms with E-state index in [4.69, 9.17) is 0 Å². The molecule has 2 aliphatic rings. The molecule has 0 aliphatic carbocycles. The highest BCUT2D eigenvalue weighted by Crippen LogP contribution is 2.30. The highest BCUT2D eigenvalue weighted by atomic mass is 35.5. The van der Waals surface area contributed by atoms with Crippen molar-refractivity contribution in [3.63, 3.8) is 0 Å². The minimum Gasteiger partial charge on any atom is -0.331 e. The second kappa shape index (κ2) is 6.58. The van der Waals surface area contributed by atoms with Crippen LogP contribution >= 0.6 is 12.4 Å². The summed E-state index contributed by atoms with van der Waals surface area (Å²) in [7, 11) is 0. The van der Waals surface area contributed by atoms with E-state index < -0.39 is 4.92 Å². The zero-order valence-electron chi connectivity index (χ0n) is 12.3. The molecule has 3 rings (SSSR count). The summed E-state index contributed by atoms with van der Waals surface area (Å²) in [5.74, 6) is -0.125. The first-order chi connectivity index (χ1) is 10.1. The van der Waals surface area contributed by atoms with Gasteiger partial charge in [0.15, 0.2) is 0 Å². The molecule has 1 N–H and O–H groups in total. The zero-order valence-corrected chi connectivity index (χ0v) is 13.1. The summed E-state index contributed by atoms with van der Waals surface area (Å²) in [4.78, 5) is 29.1. The van der Waals surface area contributed by atoms with Crippen LogP contribution in [-0.2, 0) is 0 Å². The summed E-state index contributed by atoms with van der Waals surface area (Å²) >= 11 is 0. The Labute approximate surface area is 134 Å². The predicted molar refractivity (Wildman–Crippen MR) is 83.3 cm³/mol. The molecule has 1 amide bonds. The van der Waals surface area contributed by atoms with Crippen molar-refractivity contribution >= 4 is 24.0 Å². The number of pyridine rings is 1. The number of hydrogen-bond donors (Lipinski definition) is 1. The zero-order chi connectivity index (χ0) is 15.0. The van der Waals surface area contributed by atoms with Crippen molar-refractivity contribution < 1.29 is 9.72 Å². The van der Waals surface area contributed by atoms with Gasteiger partial charge in [-0.1, -0.05) is 0 Å². The molecule has 2 unspecified atom stereocenters. The number of carbonyl (C=O) groups is 1. The lowest BCUT2D eigenvalue weighted by Crippen LogP contribution is -2.42. The van der Waals surface area contributed by atoms with Gasteiger partial charge in [-0.05, 0) is 32.7 Å². The molecule has 2 bridgehead atoms. The Bertz CT molecular complexity index is 581. The van der Waals surface area contributed by atoms with Gasteiger partial charge in [-0.2, -0.15) is 0 Å². The Morgan fingerprint density at radius 2 is 2.14 bits per heavy atom. The Kier molecular flexibility index (Phi) is 4.97. The Hall–Kier alpha value is -1.73. The SMILES string of the molecule is Cc1ncc([N+](=O)[O-])cc1C(=O)N1C2CCNCC1CC2.Cl. The molecule has 0 saturated carbocycles. The molecule has 1 aromatic heterocycles. The number of carbonyl (C=O) groups excluding carboxylic acids is 1. The number of nitrogens with zero attached hydrogens (tertiary/aromatic N) is 3. The van der Waals surface area contributed by atoms with E-state index in [2.05, 4.69) is 10.3 Å². The van der Waals surface area contributed by atoms with Crippen LogP contribution in [0, 0.1) is 17.0 Å². The van der Waals surface area contributed by atoms with Gasteiger partial charge in [0.25, 0.3) is 11.6 Å². The molecule has 120 valence electrons. The molecule has 0 radical (unpaired) electrons. The molecule has 2 fully saturated rings. The van der Waals surface area contributed by atoms with Gasteiger partial charge in [0.1, 0.15) is 6.20 Å². The van der Waals surface area contributed by atoms with E-state index >= 15 is 0 Å². The fourth-order valence-corrected chi connectivity index (χ4v) is 3.29. The van der Waals surface area contributed by atoms with Gasteiger partial charge in [-0.25, -0.2) is 0 Å². The summed E-state index contributed by atoms with van der Waals surface area (Å²) in [6.45, 7) is 3.43.